The zero-order valence-electron chi connectivity index (χ0n) is 13.5. The van der Waals surface area contributed by atoms with Gasteiger partial charge in [-0.05, 0) is 38.0 Å². The van der Waals surface area contributed by atoms with Crippen LogP contribution < -0.4 is 10.5 Å². The van der Waals surface area contributed by atoms with Gasteiger partial charge < -0.3 is 15.2 Å². The molecule has 1 heterocycles. The number of sulfonamides is 1. The van der Waals surface area contributed by atoms with Crippen molar-refractivity contribution < 1.29 is 27.5 Å². The van der Waals surface area contributed by atoms with Gasteiger partial charge in [0.1, 0.15) is 10.6 Å². The number of hydrogen-bond acceptors (Lipinski definition) is 6. The van der Waals surface area contributed by atoms with Crippen LogP contribution in [-0.2, 0) is 19.6 Å². The summed E-state index contributed by atoms with van der Waals surface area (Å²) in [5.74, 6) is -1.48. The summed E-state index contributed by atoms with van der Waals surface area (Å²) in [6, 6.07) is 3.95. The van der Waals surface area contributed by atoms with E-state index in [0.717, 1.165) is 12.8 Å². The third kappa shape index (κ3) is 3.68. The molecule has 0 bridgehead atoms. The van der Waals surface area contributed by atoms with Gasteiger partial charge in [0, 0.05) is 13.1 Å². The predicted octanol–water partition coefficient (Wildman–Crippen LogP) is 0.510. The monoisotopic (exact) mass is 356 g/mol. The lowest BCUT2D eigenvalue weighted by atomic mass is 10.2. The fraction of sp³-hybridized carbons (Fsp3) is 0.467. The summed E-state index contributed by atoms with van der Waals surface area (Å²) in [4.78, 5) is 23.0. The van der Waals surface area contributed by atoms with Crippen LogP contribution in [0, 0.1) is 0 Å². The first-order valence-electron chi connectivity index (χ1n) is 7.46. The molecule has 0 aliphatic carbocycles. The maximum atomic E-state index is 12.7. The zero-order valence-corrected chi connectivity index (χ0v) is 14.3. The molecule has 0 aromatic heterocycles. The van der Waals surface area contributed by atoms with Crippen molar-refractivity contribution in [2.45, 2.75) is 30.8 Å². The molecule has 0 saturated carbocycles. The van der Waals surface area contributed by atoms with E-state index in [1.807, 2.05) is 0 Å². The van der Waals surface area contributed by atoms with Gasteiger partial charge in [0.2, 0.25) is 10.0 Å². The summed E-state index contributed by atoms with van der Waals surface area (Å²) >= 11 is 0. The van der Waals surface area contributed by atoms with Gasteiger partial charge in [0.05, 0.1) is 12.7 Å². The van der Waals surface area contributed by atoms with Gasteiger partial charge >= 0.3 is 5.97 Å². The van der Waals surface area contributed by atoms with Crippen molar-refractivity contribution >= 4 is 21.9 Å². The Bertz CT molecular complexity index is 740. The minimum absolute atomic E-state index is 0.00155. The topological polar surface area (TPSA) is 116 Å². The molecule has 1 aromatic carbocycles. The Morgan fingerprint density at radius 3 is 2.42 bits per heavy atom. The third-order valence-corrected chi connectivity index (χ3v) is 5.69. The molecule has 1 amide bonds. The fourth-order valence-corrected chi connectivity index (χ4v) is 4.06. The van der Waals surface area contributed by atoms with Crippen LogP contribution in [-0.4, -0.2) is 50.9 Å². The Labute approximate surface area is 140 Å². The second-order valence-electron chi connectivity index (χ2n) is 5.43. The van der Waals surface area contributed by atoms with Crippen molar-refractivity contribution in [2.24, 2.45) is 5.73 Å². The number of benzene rings is 1. The summed E-state index contributed by atoms with van der Waals surface area (Å²) in [6.45, 7) is 2.20. The highest BCUT2D eigenvalue weighted by Gasteiger charge is 2.31. The van der Waals surface area contributed by atoms with E-state index in [9.17, 15) is 18.0 Å². The van der Waals surface area contributed by atoms with E-state index < -0.39 is 28.0 Å². The van der Waals surface area contributed by atoms with Crippen LogP contribution in [0.3, 0.4) is 0 Å². The van der Waals surface area contributed by atoms with Crippen molar-refractivity contribution in [3.63, 3.8) is 0 Å². The van der Waals surface area contributed by atoms with Gasteiger partial charge in [0.25, 0.3) is 5.91 Å². The first-order chi connectivity index (χ1) is 11.3. The molecular weight excluding hydrogens is 336 g/mol. The van der Waals surface area contributed by atoms with Gasteiger partial charge in [-0.1, -0.05) is 0 Å². The lowest BCUT2D eigenvalue weighted by Crippen LogP contribution is -2.31. The SMILES string of the molecule is COc1ccc(C(=O)O[C@H](C)C(N)=O)cc1S(=O)(=O)N1CCCC1. The largest absolute Gasteiger partial charge is 0.495 e. The van der Waals surface area contributed by atoms with E-state index in [1.54, 1.807) is 0 Å². The average molecular weight is 356 g/mol. The number of rotatable bonds is 6. The average Bonchev–Trinajstić information content (AvgIpc) is 3.09. The Balaban J connectivity index is 2.37. The van der Waals surface area contributed by atoms with E-state index in [2.05, 4.69) is 0 Å². The van der Waals surface area contributed by atoms with Crippen molar-refractivity contribution in [3.8, 4) is 5.75 Å². The normalized spacial score (nSPS) is 16.6. The molecule has 0 unspecified atom stereocenters. The predicted molar refractivity (Wildman–Crippen MR) is 85.1 cm³/mol. The van der Waals surface area contributed by atoms with E-state index >= 15 is 0 Å². The molecule has 8 nitrogen and oxygen atoms in total. The summed E-state index contributed by atoms with van der Waals surface area (Å²) in [5, 5.41) is 0. The number of amides is 1. The number of nitrogens with zero attached hydrogens (tertiary/aromatic N) is 1. The quantitative estimate of drug-likeness (QED) is 0.743. The van der Waals surface area contributed by atoms with Gasteiger partial charge in [0.15, 0.2) is 6.10 Å². The van der Waals surface area contributed by atoms with Crippen LogP contribution in [0.15, 0.2) is 23.1 Å². The summed E-state index contributed by atoms with van der Waals surface area (Å²) in [6.07, 6.45) is 0.469. The van der Waals surface area contributed by atoms with E-state index in [0.29, 0.717) is 13.1 Å². The van der Waals surface area contributed by atoms with E-state index in [-0.39, 0.29) is 16.2 Å². The van der Waals surface area contributed by atoms with E-state index in [4.69, 9.17) is 15.2 Å². The second-order valence-corrected chi connectivity index (χ2v) is 7.33. The molecule has 1 aromatic rings. The number of esters is 1. The summed E-state index contributed by atoms with van der Waals surface area (Å²) in [5.41, 5.74) is 5.05. The maximum absolute atomic E-state index is 12.7. The Morgan fingerprint density at radius 2 is 1.88 bits per heavy atom. The summed E-state index contributed by atoms with van der Waals surface area (Å²) in [7, 11) is -2.42. The molecule has 1 aliphatic rings. The number of primary amides is 1. The highest BCUT2D eigenvalue weighted by atomic mass is 32.2. The number of methoxy groups -OCH3 is 1. The number of carbonyl (C=O) groups excluding carboxylic acids is 2. The van der Waals surface area contributed by atoms with Crippen molar-refractivity contribution in [1.82, 2.24) is 4.31 Å². The number of carbonyl (C=O) groups is 2. The van der Waals surface area contributed by atoms with Gasteiger partial charge in [-0.2, -0.15) is 4.31 Å². The van der Waals surface area contributed by atoms with Crippen LogP contribution in [0.5, 0.6) is 5.75 Å². The van der Waals surface area contributed by atoms with E-state index in [1.165, 1.54) is 36.5 Å². The minimum atomic E-state index is -3.77. The van der Waals surface area contributed by atoms with Crippen LogP contribution in [0.1, 0.15) is 30.1 Å². The Morgan fingerprint density at radius 1 is 1.25 bits per heavy atom. The smallest absolute Gasteiger partial charge is 0.338 e. The molecular formula is C15H20N2O6S. The second kappa shape index (κ2) is 7.18. The third-order valence-electron chi connectivity index (χ3n) is 3.77. The lowest BCUT2D eigenvalue weighted by Gasteiger charge is -2.18. The fourth-order valence-electron chi connectivity index (χ4n) is 2.36. The Hall–Kier alpha value is -2.13. The maximum Gasteiger partial charge on any atom is 0.338 e. The first kappa shape index (κ1) is 18.2. The molecule has 1 fully saturated rings. The number of nitrogens with two attached hydrogens (primary N) is 1. The lowest BCUT2D eigenvalue weighted by molar-refractivity contribution is -0.125. The molecule has 1 atom stereocenters. The molecule has 2 N–H and O–H groups in total. The first-order valence-corrected chi connectivity index (χ1v) is 8.90. The molecule has 9 heteroatoms. The Kier molecular flexibility index (Phi) is 5.45. The highest BCUT2D eigenvalue weighted by molar-refractivity contribution is 7.89. The number of ether oxygens (including phenoxy) is 2. The molecule has 24 heavy (non-hydrogen) atoms. The minimum Gasteiger partial charge on any atom is -0.495 e. The van der Waals surface area contributed by atoms with Gasteiger partial charge in [-0.25, -0.2) is 13.2 Å². The zero-order chi connectivity index (χ0) is 17.9. The van der Waals surface area contributed by atoms with Crippen molar-refractivity contribution in [1.29, 1.82) is 0 Å². The standard InChI is InChI=1S/C15H20N2O6S/c1-10(14(16)18)23-15(19)11-5-6-12(22-2)13(9-11)24(20,21)17-7-3-4-8-17/h5-6,9-10H,3-4,7-8H2,1-2H3,(H2,16,18)/t10-/m1/s1. The van der Waals surface area contributed by atoms with Gasteiger partial charge in [-0.15, -0.1) is 0 Å². The van der Waals surface area contributed by atoms with Crippen LogP contribution >= 0.6 is 0 Å². The van der Waals surface area contributed by atoms with Crippen molar-refractivity contribution in [2.75, 3.05) is 20.2 Å². The summed E-state index contributed by atoms with van der Waals surface area (Å²) < 4.78 is 36.8. The van der Waals surface area contributed by atoms with Crippen LogP contribution in [0.25, 0.3) is 0 Å². The molecule has 1 aliphatic heterocycles. The highest BCUT2D eigenvalue weighted by Crippen LogP contribution is 2.30. The molecule has 0 spiro atoms. The molecule has 1 saturated heterocycles. The van der Waals surface area contributed by atoms with Gasteiger partial charge in [-0.3, -0.25) is 4.79 Å². The van der Waals surface area contributed by atoms with Crippen LogP contribution in [0.2, 0.25) is 0 Å². The number of hydrogen-bond donors (Lipinski definition) is 1. The molecule has 132 valence electrons. The molecule has 2 rings (SSSR count). The van der Waals surface area contributed by atoms with Crippen molar-refractivity contribution in [3.05, 3.63) is 23.8 Å². The molecule has 0 radical (unpaired) electrons. The van der Waals surface area contributed by atoms with Crippen LogP contribution in [0.4, 0.5) is 0 Å².